The van der Waals surface area contributed by atoms with Crippen molar-refractivity contribution in [2.45, 2.75) is 26.7 Å². The number of non-ortho nitro benzene ring substituents is 1. The summed E-state index contributed by atoms with van der Waals surface area (Å²) in [4.78, 5) is 10.4. The van der Waals surface area contributed by atoms with Crippen LogP contribution in [-0.4, -0.2) is 16.9 Å². The molecule has 0 aliphatic carbocycles. The first-order chi connectivity index (χ1) is 8.96. The number of rotatable bonds is 7. The Labute approximate surface area is 129 Å². The van der Waals surface area contributed by atoms with Gasteiger partial charge < -0.3 is 4.74 Å². The van der Waals surface area contributed by atoms with Gasteiger partial charge in [0.2, 0.25) is 0 Å². The molecule has 0 fully saturated rings. The van der Waals surface area contributed by atoms with E-state index in [1.165, 1.54) is 12.1 Å². The Kier molecular flexibility index (Phi) is 6.26. The molecule has 1 rings (SSSR count). The van der Waals surface area contributed by atoms with Crippen molar-refractivity contribution in [3.63, 3.8) is 0 Å². The number of nitro benzene ring substituents is 1. The summed E-state index contributed by atoms with van der Waals surface area (Å²) < 4.78 is 6.40. The Morgan fingerprint density at radius 1 is 1.32 bits per heavy atom. The van der Waals surface area contributed by atoms with Crippen LogP contribution in [0.4, 0.5) is 5.69 Å². The number of nitro groups is 1. The summed E-state index contributed by atoms with van der Waals surface area (Å²) in [5.74, 6) is 0.522. The molecule has 0 aromatic heterocycles. The van der Waals surface area contributed by atoms with Crippen LogP contribution < -0.4 is 4.74 Å². The van der Waals surface area contributed by atoms with Crippen molar-refractivity contribution in [3.8, 4) is 5.75 Å². The Morgan fingerprint density at radius 2 is 1.95 bits per heavy atom. The third kappa shape index (κ3) is 4.45. The molecule has 0 radical (unpaired) electrons. The van der Waals surface area contributed by atoms with Gasteiger partial charge >= 0.3 is 0 Å². The lowest BCUT2D eigenvalue weighted by Gasteiger charge is -2.29. The average molecular weight is 395 g/mol. The summed E-state index contributed by atoms with van der Waals surface area (Å²) in [6.07, 6.45) is 1.98. The third-order valence-corrected chi connectivity index (χ3v) is 5.04. The van der Waals surface area contributed by atoms with Gasteiger partial charge in [0.1, 0.15) is 5.75 Å². The molecular weight excluding hydrogens is 378 g/mol. The fraction of sp³-hybridized carbons (Fsp3) is 0.538. The van der Waals surface area contributed by atoms with Gasteiger partial charge in [0.15, 0.2) is 0 Å². The number of alkyl halides is 1. The summed E-state index contributed by atoms with van der Waals surface area (Å²) in [6, 6.07) is 4.66. The van der Waals surface area contributed by atoms with Gasteiger partial charge in [0.25, 0.3) is 5.69 Å². The van der Waals surface area contributed by atoms with Crippen LogP contribution in [0.5, 0.6) is 5.75 Å². The lowest BCUT2D eigenvalue weighted by molar-refractivity contribution is -0.385. The number of hydrogen-bond donors (Lipinski definition) is 0. The van der Waals surface area contributed by atoms with E-state index in [1.54, 1.807) is 6.07 Å². The van der Waals surface area contributed by atoms with E-state index in [9.17, 15) is 10.1 Å². The maximum absolute atomic E-state index is 10.8. The molecule has 1 aromatic rings. The molecule has 0 amide bonds. The van der Waals surface area contributed by atoms with Crippen LogP contribution in [0.3, 0.4) is 0 Å². The van der Waals surface area contributed by atoms with E-state index in [2.05, 4.69) is 45.7 Å². The zero-order chi connectivity index (χ0) is 14.5. The van der Waals surface area contributed by atoms with Crippen molar-refractivity contribution in [1.82, 2.24) is 0 Å². The molecule has 6 heteroatoms. The first-order valence-electron chi connectivity index (χ1n) is 6.10. The molecule has 0 aliphatic rings. The zero-order valence-corrected chi connectivity index (χ0v) is 14.2. The van der Waals surface area contributed by atoms with E-state index in [4.69, 9.17) is 4.74 Å². The maximum Gasteiger partial charge on any atom is 0.274 e. The fourth-order valence-corrected chi connectivity index (χ4v) is 3.07. The number of nitrogens with zero attached hydrogens (tertiary/aromatic N) is 1. The first kappa shape index (κ1) is 16.4. The summed E-state index contributed by atoms with van der Waals surface area (Å²) in [5.41, 5.74) is 0.0960. The van der Waals surface area contributed by atoms with Crippen LogP contribution in [0.25, 0.3) is 0 Å². The SMILES string of the molecule is CCC(CC)(CBr)COc1cc(Br)cc([N+](=O)[O-])c1. The highest BCUT2D eigenvalue weighted by molar-refractivity contribution is 9.10. The van der Waals surface area contributed by atoms with Crippen molar-refractivity contribution in [3.05, 3.63) is 32.8 Å². The molecule has 0 N–H and O–H groups in total. The van der Waals surface area contributed by atoms with Crippen LogP contribution in [0.2, 0.25) is 0 Å². The molecule has 19 heavy (non-hydrogen) atoms. The van der Waals surface area contributed by atoms with Crippen LogP contribution in [0, 0.1) is 15.5 Å². The topological polar surface area (TPSA) is 52.4 Å². The standard InChI is InChI=1S/C13H17Br2NO3/c1-3-13(4-2,8-14)9-19-12-6-10(15)5-11(7-12)16(17)18/h5-7H,3-4,8-9H2,1-2H3. The summed E-state index contributed by atoms with van der Waals surface area (Å²) in [5, 5.41) is 11.6. The predicted octanol–water partition coefficient (Wildman–Crippen LogP) is 4.94. The van der Waals surface area contributed by atoms with Gasteiger partial charge in [-0.05, 0) is 18.9 Å². The van der Waals surface area contributed by atoms with Crippen molar-refractivity contribution in [1.29, 1.82) is 0 Å². The molecule has 106 valence electrons. The molecule has 1 aromatic carbocycles. The Hall–Kier alpha value is -0.620. The lowest BCUT2D eigenvalue weighted by Crippen LogP contribution is -2.29. The van der Waals surface area contributed by atoms with Crippen molar-refractivity contribution in [2.75, 3.05) is 11.9 Å². The monoisotopic (exact) mass is 393 g/mol. The predicted molar refractivity (Wildman–Crippen MR) is 83.1 cm³/mol. The number of halogens is 2. The summed E-state index contributed by atoms with van der Waals surface area (Å²) >= 11 is 6.78. The zero-order valence-electron chi connectivity index (χ0n) is 11.0. The fourth-order valence-electron chi connectivity index (χ4n) is 1.65. The minimum absolute atomic E-state index is 0.0295. The molecule has 0 spiro atoms. The Bertz CT molecular complexity index is 439. The van der Waals surface area contributed by atoms with Crippen LogP contribution >= 0.6 is 31.9 Å². The largest absolute Gasteiger partial charge is 0.493 e. The lowest BCUT2D eigenvalue weighted by atomic mass is 9.86. The molecule has 0 saturated heterocycles. The van der Waals surface area contributed by atoms with Crippen LogP contribution in [0.1, 0.15) is 26.7 Å². The second kappa shape index (κ2) is 7.24. The molecule has 0 aliphatic heterocycles. The van der Waals surface area contributed by atoms with Crippen LogP contribution in [0.15, 0.2) is 22.7 Å². The van der Waals surface area contributed by atoms with E-state index in [1.807, 2.05) is 0 Å². The van der Waals surface area contributed by atoms with Gasteiger partial charge in [-0.25, -0.2) is 0 Å². The molecule has 0 saturated carbocycles. The van der Waals surface area contributed by atoms with Crippen LogP contribution in [-0.2, 0) is 0 Å². The third-order valence-electron chi connectivity index (χ3n) is 3.40. The number of hydrogen-bond acceptors (Lipinski definition) is 3. The molecule has 4 nitrogen and oxygen atoms in total. The van der Waals surface area contributed by atoms with E-state index in [0.717, 1.165) is 18.2 Å². The van der Waals surface area contributed by atoms with Gasteiger partial charge in [0, 0.05) is 21.3 Å². The van der Waals surface area contributed by atoms with Crippen molar-refractivity contribution < 1.29 is 9.66 Å². The molecule has 0 atom stereocenters. The molecular formula is C13H17Br2NO3. The number of ether oxygens (including phenoxy) is 1. The highest BCUT2D eigenvalue weighted by Gasteiger charge is 2.26. The minimum atomic E-state index is -0.422. The maximum atomic E-state index is 10.8. The minimum Gasteiger partial charge on any atom is -0.493 e. The second-order valence-electron chi connectivity index (χ2n) is 4.53. The van der Waals surface area contributed by atoms with E-state index in [0.29, 0.717) is 16.8 Å². The second-order valence-corrected chi connectivity index (χ2v) is 6.01. The molecule has 0 unspecified atom stereocenters. The highest BCUT2D eigenvalue weighted by atomic mass is 79.9. The number of benzene rings is 1. The van der Waals surface area contributed by atoms with E-state index in [-0.39, 0.29) is 11.1 Å². The summed E-state index contributed by atoms with van der Waals surface area (Å²) in [6.45, 7) is 4.79. The highest BCUT2D eigenvalue weighted by Crippen LogP contribution is 2.32. The van der Waals surface area contributed by atoms with Crippen molar-refractivity contribution >= 4 is 37.5 Å². The molecule has 0 bridgehead atoms. The molecule has 0 heterocycles. The van der Waals surface area contributed by atoms with Gasteiger partial charge in [-0.15, -0.1) is 0 Å². The van der Waals surface area contributed by atoms with Gasteiger partial charge in [-0.1, -0.05) is 45.7 Å². The summed E-state index contributed by atoms with van der Waals surface area (Å²) in [7, 11) is 0. The Morgan fingerprint density at radius 3 is 2.42 bits per heavy atom. The van der Waals surface area contributed by atoms with Gasteiger partial charge in [-0.2, -0.15) is 0 Å². The van der Waals surface area contributed by atoms with Gasteiger partial charge in [-0.3, -0.25) is 10.1 Å². The van der Waals surface area contributed by atoms with Crippen molar-refractivity contribution in [2.24, 2.45) is 5.41 Å². The van der Waals surface area contributed by atoms with E-state index >= 15 is 0 Å². The average Bonchev–Trinajstić information content (AvgIpc) is 2.40. The smallest absolute Gasteiger partial charge is 0.274 e. The first-order valence-corrected chi connectivity index (χ1v) is 8.01. The van der Waals surface area contributed by atoms with Gasteiger partial charge in [0.05, 0.1) is 17.6 Å². The quantitative estimate of drug-likeness (QED) is 0.374. The van der Waals surface area contributed by atoms with E-state index < -0.39 is 4.92 Å². The normalized spacial score (nSPS) is 11.4. The Balaban J connectivity index is 2.85.